The van der Waals surface area contributed by atoms with E-state index in [0.717, 1.165) is 11.3 Å². The number of aliphatic hydroxyl groups excluding tert-OH is 1. The molecule has 100 valence electrons. The second-order valence-corrected chi connectivity index (χ2v) is 4.75. The number of benzene rings is 1. The predicted molar refractivity (Wildman–Crippen MR) is 77.2 cm³/mol. The lowest BCUT2D eigenvalue weighted by Gasteiger charge is -2.13. The van der Waals surface area contributed by atoms with Gasteiger partial charge in [0.2, 0.25) is 0 Å². The maximum atomic E-state index is 12.2. The molecule has 0 amide bonds. The van der Waals surface area contributed by atoms with Crippen molar-refractivity contribution >= 4 is 0 Å². The number of aryl methyl sites for hydroxylation is 2. The van der Waals surface area contributed by atoms with E-state index in [0.29, 0.717) is 12.1 Å². The van der Waals surface area contributed by atoms with E-state index in [9.17, 15) is 4.79 Å². The van der Waals surface area contributed by atoms with Gasteiger partial charge in [-0.2, -0.15) is 0 Å². The van der Waals surface area contributed by atoms with Crippen LogP contribution in [0, 0.1) is 13.8 Å². The molecule has 19 heavy (non-hydrogen) atoms. The van der Waals surface area contributed by atoms with E-state index in [1.54, 1.807) is 10.6 Å². The molecule has 2 rings (SSSR count). The zero-order chi connectivity index (χ0) is 14.0. The average Bonchev–Trinajstić information content (AvgIpc) is 2.41. The van der Waals surface area contributed by atoms with Crippen LogP contribution in [0.1, 0.15) is 23.6 Å². The standard InChI is InChI=1S/C16H19NO2/c1-4-17-15(8-7-14(10-18)16(17)19)13-6-5-11(2)12(3)9-13/h5-9,18H,4,10H2,1-3H3. The first-order valence-electron chi connectivity index (χ1n) is 6.49. The minimum atomic E-state index is -0.216. The molecule has 2 aromatic rings. The molecule has 1 N–H and O–H groups in total. The van der Waals surface area contributed by atoms with Gasteiger partial charge in [-0.3, -0.25) is 4.79 Å². The summed E-state index contributed by atoms with van der Waals surface area (Å²) in [6.45, 7) is 6.45. The Balaban J connectivity index is 2.65. The molecule has 0 spiro atoms. The Labute approximate surface area is 113 Å². The Kier molecular flexibility index (Phi) is 3.86. The summed E-state index contributed by atoms with van der Waals surface area (Å²) >= 11 is 0. The smallest absolute Gasteiger partial charge is 0.256 e. The monoisotopic (exact) mass is 257 g/mol. The van der Waals surface area contributed by atoms with Gasteiger partial charge < -0.3 is 9.67 Å². The Bertz CT molecular complexity index is 656. The molecular formula is C16H19NO2. The molecule has 1 aromatic carbocycles. The number of hydrogen-bond donors (Lipinski definition) is 1. The van der Waals surface area contributed by atoms with E-state index in [-0.39, 0.29) is 12.2 Å². The third-order valence-corrected chi connectivity index (χ3v) is 3.54. The van der Waals surface area contributed by atoms with Crippen LogP contribution in [0.5, 0.6) is 0 Å². The maximum Gasteiger partial charge on any atom is 0.256 e. The lowest BCUT2D eigenvalue weighted by molar-refractivity contribution is 0.279. The molecular weight excluding hydrogens is 238 g/mol. The van der Waals surface area contributed by atoms with Crippen molar-refractivity contribution in [3.8, 4) is 11.3 Å². The molecule has 0 radical (unpaired) electrons. The first-order chi connectivity index (χ1) is 9.08. The van der Waals surface area contributed by atoms with Crippen LogP contribution in [0.15, 0.2) is 35.1 Å². The van der Waals surface area contributed by atoms with Gasteiger partial charge in [0.1, 0.15) is 0 Å². The van der Waals surface area contributed by atoms with Crippen molar-refractivity contribution in [2.24, 2.45) is 0 Å². The zero-order valence-corrected chi connectivity index (χ0v) is 11.6. The fourth-order valence-electron chi connectivity index (χ4n) is 2.21. The quantitative estimate of drug-likeness (QED) is 0.918. The summed E-state index contributed by atoms with van der Waals surface area (Å²) in [6, 6.07) is 9.80. The van der Waals surface area contributed by atoms with Crippen molar-refractivity contribution < 1.29 is 5.11 Å². The van der Waals surface area contributed by atoms with Crippen LogP contribution in [0.2, 0.25) is 0 Å². The molecule has 0 aliphatic rings. The van der Waals surface area contributed by atoms with Crippen LogP contribution in [0.3, 0.4) is 0 Å². The number of hydrogen-bond acceptors (Lipinski definition) is 2. The number of aromatic nitrogens is 1. The predicted octanol–water partition coefficient (Wildman–Crippen LogP) is 2.64. The van der Waals surface area contributed by atoms with Crippen LogP contribution in [-0.4, -0.2) is 9.67 Å². The topological polar surface area (TPSA) is 42.2 Å². The van der Waals surface area contributed by atoms with Gasteiger partial charge in [0, 0.05) is 12.1 Å². The van der Waals surface area contributed by atoms with Gasteiger partial charge in [0.25, 0.3) is 5.56 Å². The van der Waals surface area contributed by atoms with Gasteiger partial charge in [-0.25, -0.2) is 0 Å². The highest BCUT2D eigenvalue weighted by atomic mass is 16.3. The van der Waals surface area contributed by atoms with Crippen LogP contribution >= 0.6 is 0 Å². The average molecular weight is 257 g/mol. The lowest BCUT2D eigenvalue weighted by Crippen LogP contribution is -2.24. The molecule has 1 aromatic heterocycles. The Hall–Kier alpha value is -1.87. The number of pyridine rings is 1. The molecule has 3 heteroatoms. The van der Waals surface area contributed by atoms with Gasteiger partial charge in [0.15, 0.2) is 0 Å². The largest absolute Gasteiger partial charge is 0.391 e. The fraction of sp³-hybridized carbons (Fsp3) is 0.312. The van der Waals surface area contributed by atoms with Gasteiger partial charge >= 0.3 is 0 Å². The number of aliphatic hydroxyl groups is 1. The number of nitrogens with zero attached hydrogens (tertiary/aromatic N) is 1. The zero-order valence-electron chi connectivity index (χ0n) is 11.6. The molecule has 0 saturated heterocycles. The Morgan fingerprint density at radius 3 is 2.42 bits per heavy atom. The summed E-state index contributed by atoms with van der Waals surface area (Å²) in [5.41, 5.74) is 4.70. The van der Waals surface area contributed by atoms with Crippen LogP contribution in [-0.2, 0) is 13.2 Å². The number of rotatable bonds is 3. The highest BCUT2D eigenvalue weighted by molar-refractivity contribution is 5.61. The van der Waals surface area contributed by atoms with Crippen molar-refractivity contribution in [3.05, 3.63) is 57.4 Å². The fourth-order valence-corrected chi connectivity index (χ4v) is 2.21. The van der Waals surface area contributed by atoms with Crippen molar-refractivity contribution in [3.63, 3.8) is 0 Å². The van der Waals surface area contributed by atoms with Gasteiger partial charge in [-0.05, 0) is 55.7 Å². The molecule has 0 aliphatic heterocycles. The van der Waals surface area contributed by atoms with E-state index in [4.69, 9.17) is 5.11 Å². The Morgan fingerprint density at radius 1 is 1.11 bits per heavy atom. The first-order valence-corrected chi connectivity index (χ1v) is 6.49. The van der Waals surface area contributed by atoms with E-state index < -0.39 is 0 Å². The van der Waals surface area contributed by atoms with E-state index in [2.05, 4.69) is 26.0 Å². The molecule has 0 aliphatic carbocycles. The molecule has 0 atom stereocenters. The van der Waals surface area contributed by atoms with Crippen molar-refractivity contribution in [2.45, 2.75) is 33.9 Å². The van der Waals surface area contributed by atoms with Gasteiger partial charge in [0.05, 0.1) is 12.3 Å². The minimum absolute atomic E-state index is 0.110. The first kappa shape index (κ1) is 13.6. The van der Waals surface area contributed by atoms with Crippen molar-refractivity contribution in [1.29, 1.82) is 0 Å². The SMILES string of the molecule is CCn1c(-c2ccc(C)c(C)c2)ccc(CO)c1=O. The molecule has 1 heterocycles. The van der Waals surface area contributed by atoms with Crippen LogP contribution < -0.4 is 5.56 Å². The minimum Gasteiger partial charge on any atom is -0.391 e. The summed E-state index contributed by atoms with van der Waals surface area (Å²) < 4.78 is 1.70. The van der Waals surface area contributed by atoms with Crippen LogP contribution in [0.25, 0.3) is 11.3 Å². The van der Waals surface area contributed by atoms with Gasteiger partial charge in [-0.15, -0.1) is 0 Å². The van der Waals surface area contributed by atoms with Gasteiger partial charge in [-0.1, -0.05) is 12.1 Å². The van der Waals surface area contributed by atoms with Crippen molar-refractivity contribution in [1.82, 2.24) is 4.57 Å². The normalized spacial score (nSPS) is 10.7. The van der Waals surface area contributed by atoms with E-state index >= 15 is 0 Å². The third kappa shape index (κ3) is 2.47. The van der Waals surface area contributed by atoms with E-state index in [1.807, 2.05) is 19.1 Å². The second-order valence-electron chi connectivity index (χ2n) is 4.75. The summed E-state index contributed by atoms with van der Waals surface area (Å²) in [4.78, 5) is 12.2. The van der Waals surface area contributed by atoms with Crippen LogP contribution in [0.4, 0.5) is 0 Å². The highest BCUT2D eigenvalue weighted by Crippen LogP contribution is 2.21. The lowest BCUT2D eigenvalue weighted by atomic mass is 10.0. The Morgan fingerprint density at radius 2 is 1.84 bits per heavy atom. The molecule has 0 bridgehead atoms. The maximum absolute atomic E-state index is 12.2. The third-order valence-electron chi connectivity index (χ3n) is 3.54. The van der Waals surface area contributed by atoms with E-state index in [1.165, 1.54) is 11.1 Å². The molecule has 3 nitrogen and oxygen atoms in total. The molecule has 0 fully saturated rings. The van der Waals surface area contributed by atoms with Crippen molar-refractivity contribution in [2.75, 3.05) is 0 Å². The second kappa shape index (κ2) is 5.41. The summed E-state index contributed by atoms with van der Waals surface area (Å²) in [5, 5.41) is 9.17. The highest BCUT2D eigenvalue weighted by Gasteiger charge is 2.09. The summed E-state index contributed by atoms with van der Waals surface area (Å²) in [6.07, 6.45) is 0. The molecule has 0 saturated carbocycles. The summed E-state index contributed by atoms with van der Waals surface area (Å²) in [7, 11) is 0. The summed E-state index contributed by atoms with van der Waals surface area (Å²) in [5.74, 6) is 0. The molecule has 0 unspecified atom stereocenters.